The highest BCUT2D eigenvalue weighted by Gasteiger charge is 2.54. The standard InChI is InChI=1S/C25H46N2O6Si2/c1-12-14-19(28)30-17-18-20(32-34(8,9)24(2,3)4)21(33-35(10,11)25(5,6)7)22(31-18)27-16-13-15-26-23(27)29/h13,15-16,18,20-22H,12,14,17H2,1-11H3/t18-,20?,21?,22-/m1/s1. The SMILES string of the molecule is CCCC(=O)OC[C@H]1O[C@@H](n2cccnc2=O)C(O[Si](C)(C)C(C)(C)C)C1O[Si](C)(C)C(C)(C)C. The highest BCUT2D eigenvalue weighted by atomic mass is 28.4. The molecule has 8 nitrogen and oxygen atoms in total. The summed E-state index contributed by atoms with van der Waals surface area (Å²) in [5.41, 5.74) is -0.420. The van der Waals surface area contributed by atoms with Crippen LogP contribution in [0.15, 0.2) is 23.3 Å². The summed E-state index contributed by atoms with van der Waals surface area (Å²) < 4.78 is 27.3. The number of hydrogen-bond acceptors (Lipinski definition) is 7. The van der Waals surface area contributed by atoms with Gasteiger partial charge in [0, 0.05) is 18.8 Å². The molecule has 2 unspecified atom stereocenters. The van der Waals surface area contributed by atoms with Crippen molar-refractivity contribution in [3.63, 3.8) is 0 Å². The Morgan fingerprint density at radius 3 is 2.06 bits per heavy atom. The van der Waals surface area contributed by atoms with E-state index in [4.69, 9.17) is 18.3 Å². The normalized spacial score (nSPS) is 24.0. The van der Waals surface area contributed by atoms with Gasteiger partial charge >= 0.3 is 11.7 Å². The first-order valence-corrected chi connectivity index (χ1v) is 18.4. The number of aromatic nitrogens is 2. The highest BCUT2D eigenvalue weighted by molar-refractivity contribution is 6.74. The van der Waals surface area contributed by atoms with E-state index in [2.05, 4.69) is 72.7 Å². The first-order chi connectivity index (χ1) is 15.9. The second kappa shape index (κ2) is 11.0. The molecule has 2 heterocycles. The maximum Gasteiger partial charge on any atom is 0.349 e. The van der Waals surface area contributed by atoms with Crippen molar-refractivity contribution >= 4 is 22.6 Å². The predicted octanol–water partition coefficient (Wildman–Crippen LogP) is 5.26. The molecule has 0 saturated carbocycles. The molecule has 1 aromatic rings. The molecule has 1 fully saturated rings. The number of ether oxygens (including phenoxy) is 2. The lowest BCUT2D eigenvalue weighted by Gasteiger charge is -2.44. The van der Waals surface area contributed by atoms with Gasteiger partial charge in [0.2, 0.25) is 0 Å². The van der Waals surface area contributed by atoms with Crippen molar-refractivity contribution in [2.75, 3.05) is 6.61 Å². The minimum absolute atomic E-state index is 0.0427. The molecule has 200 valence electrons. The van der Waals surface area contributed by atoms with Crippen LogP contribution in [0.2, 0.25) is 36.3 Å². The molecule has 0 radical (unpaired) electrons. The fourth-order valence-corrected chi connectivity index (χ4v) is 5.99. The van der Waals surface area contributed by atoms with Crippen molar-refractivity contribution in [1.82, 2.24) is 9.55 Å². The predicted molar refractivity (Wildman–Crippen MR) is 142 cm³/mol. The number of rotatable bonds is 9. The van der Waals surface area contributed by atoms with Gasteiger partial charge in [-0.1, -0.05) is 48.5 Å². The minimum Gasteiger partial charge on any atom is -0.463 e. The molecular weight excluding hydrogens is 480 g/mol. The highest BCUT2D eigenvalue weighted by Crippen LogP contribution is 2.45. The van der Waals surface area contributed by atoms with Crippen molar-refractivity contribution in [1.29, 1.82) is 0 Å². The van der Waals surface area contributed by atoms with Crippen LogP contribution in [0, 0.1) is 0 Å². The second-order valence-electron chi connectivity index (χ2n) is 12.5. The van der Waals surface area contributed by atoms with Crippen molar-refractivity contribution in [3.05, 3.63) is 28.9 Å². The zero-order valence-corrected chi connectivity index (χ0v) is 25.5. The van der Waals surface area contributed by atoms with Gasteiger partial charge < -0.3 is 18.3 Å². The lowest BCUT2D eigenvalue weighted by atomic mass is 10.1. The van der Waals surface area contributed by atoms with E-state index in [0.717, 1.165) is 0 Å². The van der Waals surface area contributed by atoms with Crippen molar-refractivity contribution in [2.24, 2.45) is 0 Å². The van der Waals surface area contributed by atoms with E-state index in [0.29, 0.717) is 12.8 Å². The molecule has 1 aliphatic heterocycles. The van der Waals surface area contributed by atoms with E-state index in [9.17, 15) is 9.59 Å². The Kier molecular flexibility index (Phi) is 9.36. The molecule has 1 aliphatic rings. The smallest absolute Gasteiger partial charge is 0.349 e. The quantitative estimate of drug-likeness (QED) is 0.320. The van der Waals surface area contributed by atoms with Crippen molar-refractivity contribution in [3.8, 4) is 0 Å². The number of carbonyl (C=O) groups is 1. The molecule has 2 rings (SSSR count). The molecule has 0 amide bonds. The van der Waals surface area contributed by atoms with E-state index in [1.165, 1.54) is 10.8 Å². The van der Waals surface area contributed by atoms with Crippen LogP contribution in [0.5, 0.6) is 0 Å². The van der Waals surface area contributed by atoms with Crippen LogP contribution < -0.4 is 5.69 Å². The maximum absolute atomic E-state index is 12.7. The second-order valence-corrected chi connectivity index (χ2v) is 22.0. The van der Waals surface area contributed by atoms with Gasteiger partial charge in [-0.25, -0.2) is 9.78 Å². The molecule has 0 spiro atoms. The van der Waals surface area contributed by atoms with Crippen molar-refractivity contribution < 1.29 is 23.1 Å². The Morgan fingerprint density at radius 1 is 1.03 bits per heavy atom. The number of esters is 1. The maximum atomic E-state index is 12.7. The van der Waals surface area contributed by atoms with Gasteiger partial charge in [-0.3, -0.25) is 9.36 Å². The van der Waals surface area contributed by atoms with Crippen LogP contribution in [-0.4, -0.2) is 57.1 Å². The van der Waals surface area contributed by atoms with Gasteiger partial charge in [0.1, 0.15) is 24.9 Å². The van der Waals surface area contributed by atoms with Crippen LogP contribution >= 0.6 is 0 Å². The largest absolute Gasteiger partial charge is 0.463 e. The van der Waals surface area contributed by atoms with Crippen LogP contribution in [-0.2, 0) is 23.1 Å². The summed E-state index contributed by atoms with van der Waals surface area (Å²) in [5.74, 6) is -0.272. The van der Waals surface area contributed by atoms with Crippen LogP contribution in [0.4, 0.5) is 0 Å². The summed E-state index contributed by atoms with van der Waals surface area (Å²) in [6.45, 7) is 23.7. The summed E-state index contributed by atoms with van der Waals surface area (Å²) in [6, 6.07) is 1.70. The summed E-state index contributed by atoms with van der Waals surface area (Å²) in [7, 11) is -4.58. The molecule has 1 saturated heterocycles. The molecule has 1 aromatic heterocycles. The van der Waals surface area contributed by atoms with E-state index in [1.807, 2.05) is 6.92 Å². The van der Waals surface area contributed by atoms with E-state index in [1.54, 1.807) is 12.3 Å². The van der Waals surface area contributed by atoms with Crippen molar-refractivity contribution in [2.45, 2.75) is 122 Å². The minimum atomic E-state index is -2.30. The average molecular weight is 527 g/mol. The van der Waals surface area contributed by atoms with E-state index in [-0.39, 0.29) is 22.7 Å². The van der Waals surface area contributed by atoms with E-state index >= 15 is 0 Å². The topological polar surface area (TPSA) is 88.9 Å². The molecular formula is C25H46N2O6Si2. The molecule has 35 heavy (non-hydrogen) atoms. The van der Waals surface area contributed by atoms with Gasteiger partial charge in [0.05, 0.1) is 0 Å². The van der Waals surface area contributed by atoms with Gasteiger partial charge in [-0.15, -0.1) is 0 Å². The first kappa shape index (κ1) is 29.9. The Bertz CT molecular complexity index is 920. The third kappa shape index (κ3) is 7.12. The van der Waals surface area contributed by atoms with Crippen LogP contribution in [0.3, 0.4) is 0 Å². The average Bonchev–Trinajstić information content (AvgIpc) is 3.01. The fourth-order valence-electron chi connectivity index (χ4n) is 3.38. The fraction of sp³-hybridized carbons (Fsp3) is 0.800. The molecule has 0 aromatic carbocycles. The summed E-state index contributed by atoms with van der Waals surface area (Å²) >= 11 is 0. The Balaban J connectivity index is 2.56. The summed E-state index contributed by atoms with van der Waals surface area (Å²) in [6.07, 6.45) is 1.81. The molecule has 0 aliphatic carbocycles. The third-order valence-electron chi connectivity index (χ3n) is 7.63. The van der Waals surface area contributed by atoms with Gasteiger partial charge in [-0.05, 0) is 48.8 Å². The lowest BCUT2D eigenvalue weighted by Crippen LogP contribution is -2.54. The zero-order valence-electron chi connectivity index (χ0n) is 23.5. The molecule has 4 atom stereocenters. The zero-order chi connectivity index (χ0) is 26.8. The lowest BCUT2D eigenvalue weighted by molar-refractivity contribution is -0.150. The third-order valence-corrected chi connectivity index (χ3v) is 16.6. The molecule has 10 heteroatoms. The Hall–Kier alpha value is -1.34. The molecule has 0 bridgehead atoms. The molecule has 0 N–H and O–H groups in total. The monoisotopic (exact) mass is 526 g/mol. The van der Waals surface area contributed by atoms with Gasteiger partial charge in [0.25, 0.3) is 0 Å². The number of nitrogens with zero attached hydrogens (tertiary/aromatic N) is 2. The number of carbonyl (C=O) groups excluding carboxylic acids is 1. The summed E-state index contributed by atoms with van der Waals surface area (Å²) in [4.78, 5) is 28.9. The van der Waals surface area contributed by atoms with Gasteiger partial charge in [0.15, 0.2) is 22.9 Å². The first-order valence-electron chi connectivity index (χ1n) is 12.6. The Labute approximate surface area is 213 Å². The van der Waals surface area contributed by atoms with Gasteiger partial charge in [-0.2, -0.15) is 0 Å². The summed E-state index contributed by atoms with van der Waals surface area (Å²) in [5, 5.41) is -0.119. The van der Waals surface area contributed by atoms with Crippen LogP contribution in [0.25, 0.3) is 0 Å². The Morgan fingerprint density at radius 2 is 1.57 bits per heavy atom. The number of hydrogen-bond donors (Lipinski definition) is 0. The van der Waals surface area contributed by atoms with E-state index < -0.39 is 46.9 Å². The van der Waals surface area contributed by atoms with Crippen LogP contribution in [0.1, 0.15) is 67.5 Å².